The van der Waals surface area contributed by atoms with E-state index in [0.29, 0.717) is 11.3 Å². The first-order valence-corrected chi connectivity index (χ1v) is 6.35. The van der Waals surface area contributed by atoms with Crippen LogP contribution in [0, 0.1) is 5.82 Å². The van der Waals surface area contributed by atoms with Crippen LogP contribution in [-0.4, -0.2) is 11.1 Å². The Labute approximate surface area is 108 Å². The van der Waals surface area contributed by atoms with E-state index in [1.165, 1.54) is 17.8 Å². The molecule has 2 nitrogen and oxygen atoms in total. The molecular weight excluding hydrogens is 251 g/mol. The summed E-state index contributed by atoms with van der Waals surface area (Å²) in [5.74, 6) is -1.47. The van der Waals surface area contributed by atoms with Gasteiger partial charge in [-0.2, -0.15) is 0 Å². The maximum atomic E-state index is 13.8. The number of rotatable bonds is 4. The van der Waals surface area contributed by atoms with Crippen LogP contribution in [-0.2, 0) is 5.75 Å². The minimum atomic E-state index is -1.24. The molecule has 0 saturated carbocycles. The second kappa shape index (κ2) is 5.69. The minimum Gasteiger partial charge on any atom is -0.478 e. The number of thioether (sulfide) groups is 1. The van der Waals surface area contributed by atoms with Crippen LogP contribution >= 0.6 is 11.8 Å². The van der Waals surface area contributed by atoms with Gasteiger partial charge in [-0.1, -0.05) is 30.3 Å². The molecule has 0 fully saturated rings. The Hall–Kier alpha value is -1.81. The fourth-order valence-electron chi connectivity index (χ4n) is 1.53. The second-order valence-electron chi connectivity index (χ2n) is 3.69. The van der Waals surface area contributed by atoms with Gasteiger partial charge in [-0.3, -0.25) is 0 Å². The first-order valence-electron chi connectivity index (χ1n) is 5.37. The van der Waals surface area contributed by atoms with Gasteiger partial charge in [-0.25, -0.2) is 9.18 Å². The number of hydrogen-bond acceptors (Lipinski definition) is 2. The molecule has 92 valence electrons. The standard InChI is InChI=1S/C14H11FO2S/c15-13-10(5-4-8-12(13)14(16)17)9-18-11-6-2-1-3-7-11/h1-8H,9H2,(H,16,17). The van der Waals surface area contributed by atoms with Crippen molar-refractivity contribution in [2.75, 3.05) is 0 Å². The van der Waals surface area contributed by atoms with Gasteiger partial charge in [-0.05, 0) is 23.8 Å². The summed E-state index contributed by atoms with van der Waals surface area (Å²) in [6.45, 7) is 0. The smallest absolute Gasteiger partial charge is 0.338 e. The van der Waals surface area contributed by atoms with Crippen LogP contribution in [0.4, 0.5) is 4.39 Å². The van der Waals surface area contributed by atoms with Crippen molar-refractivity contribution in [1.82, 2.24) is 0 Å². The van der Waals surface area contributed by atoms with Crippen LogP contribution in [0.5, 0.6) is 0 Å². The number of halogens is 1. The van der Waals surface area contributed by atoms with Gasteiger partial charge < -0.3 is 5.11 Å². The van der Waals surface area contributed by atoms with Crippen molar-refractivity contribution in [3.63, 3.8) is 0 Å². The summed E-state index contributed by atoms with van der Waals surface area (Å²) < 4.78 is 13.8. The highest BCUT2D eigenvalue weighted by atomic mass is 32.2. The average Bonchev–Trinajstić information content (AvgIpc) is 2.38. The fraction of sp³-hybridized carbons (Fsp3) is 0.0714. The molecule has 2 aromatic carbocycles. The fourth-order valence-corrected chi connectivity index (χ4v) is 2.43. The summed E-state index contributed by atoms with van der Waals surface area (Å²) >= 11 is 1.48. The molecular formula is C14H11FO2S. The highest BCUT2D eigenvalue weighted by Gasteiger charge is 2.13. The molecule has 0 amide bonds. The summed E-state index contributed by atoms with van der Waals surface area (Å²) in [6.07, 6.45) is 0. The Morgan fingerprint density at radius 3 is 2.50 bits per heavy atom. The number of hydrogen-bond donors (Lipinski definition) is 1. The molecule has 0 spiro atoms. The van der Waals surface area contributed by atoms with Crippen LogP contribution in [0.3, 0.4) is 0 Å². The summed E-state index contributed by atoms with van der Waals surface area (Å²) in [6, 6.07) is 14.0. The predicted molar refractivity (Wildman–Crippen MR) is 69.4 cm³/mol. The zero-order valence-corrected chi connectivity index (χ0v) is 10.3. The number of carbonyl (C=O) groups is 1. The molecule has 2 aromatic rings. The third-order valence-corrected chi connectivity index (χ3v) is 3.51. The van der Waals surface area contributed by atoms with Gasteiger partial charge in [0.25, 0.3) is 0 Å². The zero-order chi connectivity index (χ0) is 13.0. The van der Waals surface area contributed by atoms with E-state index in [-0.39, 0.29) is 5.56 Å². The molecule has 0 aromatic heterocycles. The normalized spacial score (nSPS) is 10.3. The summed E-state index contributed by atoms with van der Waals surface area (Å²) in [5, 5.41) is 8.83. The van der Waals surface area contributed by atoms with Crippen LogP contribution in [0.2, 0.25) is 0 Å². The monoisotopic (exact) mass is 262 g/mol. The van der Waals surface area contributed by atoms with Gasteiger partial charge in [0.1, 0.15) is 5.82 Å². The lowest BCUT2D eigenvalue weighted by molar-refractivity contribution is 0.0691. The molecule has 0 heterocycles. The zero-order valence-electron chi connectivity index (χ0n) is 9.47. The third kappa shape index (κ3) is 2.90. The molecule has 0 radical (unpaired) electrons. The van der Waals surface area contributed by atoms with Crippen molar-refractivity contribution in [3.05, 3.63) is 65.5 Å². The Balaban J connectivity index is 2.15. The lowest BCUT2D eigenvalue weighted by Gasteiger charge is -2.05. The van der Waals surface area contributed by atoms with E-state index >= 15 is 0 Å². The van der Waals surface area contributed by atoms with Gasteiger partial charge in [0.05, 0.1) is 5.56 Å². The molecule has 0 saturated heterocycles. The Kier molecular flexibility index (Phi) is 3.99. The maximum absolute atomic E-state index is 13.8. The predicted octanol–water partition coefficient (Wildman–Crippen LogP) is 3.82. The van der Waals surface area contributed by atoms with Crippen molar-refractivity contribution in [2.24, 2.45) is 0 Å². The first-order chi connectivity index (χ1) is 8.68. The molecule has 1 N–H and O–H groups in total. The Bertz CT molecular complexity index is 555. The summed E-state index contributed by atoms with van der Waals surface area (Å²) in [4.78, 5) is 11.8. The molecule has 0 aliphatic carbocycles. The van der Waals surface area contributed by atoms with Gasteiger partial charge in [0.15, 0.2) is 0 Å². The average molecular weight is 262 g/mol. The second-order valence-corrected chi connectivity index (χ2v) is 4.73. The molecule has 0 bridgehead atoms. The van der Waals surface area contributed by atoms with Crippen molar-refractivity contribution >= 4 is 17.7 Å². The van der Waals surface area contributed by atoms with Crippen molar-refractivity contribution in [3.8, 4) is 0 Å². The van der Waals surface area contributed by atoms with E-state index in [2.05, 4.69) is 0 Å². The van der Waals surface area contributed by atoms with Crippen LogP contribution in [0.15, 0.2) is 53.4 Å². The van der Waals surface area contributed by atoms with E-state index < -0.39 is 11.8 Å². The van der Waals surface area contributed by atoms with Crippen molar-refractivity contribution in [1.29, 1.82) is 0 Å². The third-order valence-electron chi connectivity index (χ3n) is 2.45. The quantitative estimate of drug-likeness (QED) is 0.851. The number of carboxylic acid groups (broad SMARTS) is 1. The number of aromatic carboxylic acids is 1. The molecule has 0 aliphatic rings. The van der Waals surface area contributed by atoms with Crippen LogP contribution in [0.1, 0.15) is 15.9 Å². The highest BCUT2D eigenvalue weighted by Crippen LogP contribution is 2.24. The summed E-state index contributed by atoms with van der Waals surface area (Å²) in [7, 11) is 0. The Morgan fingerprint density at radius 2 is 1.83 bits per heavy atom. The van der Waals surface area contributed by atoms with E-state index in [4.69, 9.17) is 5.11 Å². The SMILES string of the molecule is O=C(O)c1cccc(CSc2ccccc2)c1F. The van der Waals surface area contributed by atoms with Crippen molar-refractivity contribution < 1.29 is 14.3 Å². The van der Waals surface area contributed by atoms with E-state index in [1.54, 1.807) is 12.1 Å². The molecule has 0 atom stereocenters. The first kappa shape index (κ1) is 12.6. The number of carboxylic acids is 1. The van der Waals surface area contributed by atoms with Gasteiger partial charge in [0.2, 0.25) is 0 Å². The largest absolute Gasteiger partial charge is 0.478 e. The lowest BCUT2D eigenvalue weighted by Crippen LogP contribution is -2.02. The van der Waals surface area contributed by atoms with E-state index in [9.17, 15) is 9.18 Å². The molecule has 2 rings (SSSR count). The summed E-state index contributed by atoms with van der Waals surface area (Å²) in [5.41, 5.74) is 0.130. The van der Waals surface area contributed by atoms with Gasteiger partial charge in [0, 0.05) is 10.6 Å². The number of benzene rings is 2. The molecule has 0 unspecified atom stereocenters. The lowest BCUT2D eigenvalue weighted by atomic mass is 10.1. The van der Waals surface area contributed by atoms with Crippen LogP contribution < -0.4 is 0 Å². The topological polar surface area (TPSA) is 37.3 Å². The highest BCUT2D eigenvalue weighted by molar-refractivity contribution is 7.98. The molecule has 4 heteroatoms. The minimum absolute atomic E-state index is 0.277. The van der Waals surface area contributed by atoms with Crippen LogP contribution in [0.25, 0.3) is 0 Å². The van der Waals surface area contributed by atoms with Gasteiger partial charge in [-0.15, -0.1) is 11.8 Å². The molecule has 0 aliphatic heterocycles. The van der Waals surface area contributed by atoms with E-state index in [1.807, 2.05) is 30.3 Å². The van der Waals surface area contributed by atoms with Gasteiger partial charge >= 0.3 is 5.97 Å². The molecule has 18 heavy (non-hydrogen) atoms. The van der Waals surface area contributed by atoms with Crippen molar-refractivity contribution in [2.45, 2.75) is 10.6 Å². The van der Waals surface area contributed by atoms with E-state index in [0.717, 1.165) is 4.90 Å². The maximum Gasteiger partial charge on any atom is 0.338 e. The Morgan fingerprint density at radius 1 is 1.11 bits per heavy atom.